The highest BCUT2D eigenvalue weighted by Gasteiger charge is 2.52. The summed E-state index contributed by atoms with van der Waals surface area (Å²) in [5.41, 5.74) is 2.88. The van der Waals surface area contributed by atoms with Crippen LogP contribution in [0, 0.1) is 6.92 Å². The fourth-order valence-electron chi connectivity index (χ4n) is 3.16. The van der Waals surface area contributed by atoms with Crippen molar-refractivity contribution < 1.29 is 16.8 Å². The maximum absolute atomic E-state index is 13.0. The Morgan fingerprint density at radius 1 is 1.13 bits per heavy atom. The lowest BCUT2D eigenvalue weighted by atomic mass is 10.1. The summed E-state index contributed by atoms with van der Waals surface area (Å²) in [6.45, 7) is 1.89. The highest BCUT2D eigenvalue weighted by molar-refractivity contribution is 7.99. The van der Waals surface area contributed by atoms with E-state index in [1.165, 1.54) is 12.1 Å². The van der Waals surface area contributed by atoms with E-state index >= 15 is 0 Å². The first-order valence-electron chi connectivity index (χ1n) is 7.26. The molecular formula is C16H15NO4S2. The average molecular weight is 349 g/mol. The lowest BCUT2D eigenvalue weighted by Crippen LogP contribution is -2.32. The quantitative estimate of drug-likeness (QED) is 0.834. The lowest BCUT2D eigenvalue weighted by Gasteiger charge is -2.20. The number of hydrogen-bond donors (Lipinski definition) is 0. The second-order valence-corrected chi connectivity index (χ2v) is 8.84. The largest absolute Gasteiger partial charge is 0.272 e. The van der Waals surface area contributed by atoms with Crippen LogP contribution >= 0.6 is 0 Å². The normalized spacial score (nSPS) is 26.9. The van der Waals surface area contributed by atoms with Gasteiger partial charge >= 0.3 is 0 Å². The molecule has 0 unspecified atom stereocenters. The molecular weight excluding hydrogens is 334 g/mol. The van der Waals surface area contributed by atoms with Crippen LogP contribution in [0.3, 0.4) is 0 Å². The van der Waals surface area contributed by atoms with Crippen LogP contribution in [0.15, 0.2) is 53.4 Å². The summed E-state index contributed by atoms with van der Waals surface area (Å²) < 4.78 is 44.7. The number of nitrogens with zero attached hydrogens (tertiary/aromatic N) is 1. The molecule has 0 spiro atoms. The van der Waals surface area contributed by atoms with E-state index in [1.807, 2.05) is 31.2 Å². The molecule has 2 aromatic rings. The van der Waals surface area contributed by atoms with Crippen molar-refractivity contribution in [3.05, 3.63) is 65.2 Å². The maximum atomic E-state index is 13.0. The highest BCUT2D eigenvalue weighted by Crippen LogP contribution is 2.46. The fourth-order valence-corrected chi connectivity index (χ4v) is 6.30. The van der Waals surface area contributed by atoms with Gasteiger partial charge in [-0.2, -0.15) is 0 Å². The van der Waals surface area contributed by atoms with Crippen LogP contribution in [0.2, 0.25) is 0 Å². The van der Waals surface area contributed by atoms with Crippen molar-refractivity contribution in [3.63, 3.8) is 0 Å². The van der Waals surface area contributed by atoms with Crippen molar-refractivity contribution in [2.24, 2.45) is 0 Å². The molecule has 1 aliphatic heterocycles. The molecule has 2 aromatic carbocycles. The molecule has 3 atom stereocenters. The summed E-state index contributed by atoms with van der Waals surface area (Å²) >= 11 is -2.01. The summed E-state index contributed by atoms with van der Waals surface area (Å²) in [5.74, 6) is 0. The van der Waals surface area contributed by atoms with E-state index in [9.17, 15) is 12.6 Å². The van der Waals surface area contributed by atoms with E-state index in [-0.39, 0.29) is 4.90 Å². The zero-order chi connectivity index (χ0) is 16.2. The number of rotatable bonds is 2. The summed E-state index contributed by atoms with van der Waals surface area (Å²) in [5, 5.41) is 0. The van der Waals surface area contributed by atoms with Gasteiger partial charge in [0.1, 0.15) is 6.10 Å². The third-order valence-corrected chi connectivity index (χ3v) is 7.74. The lowest BCUT2D eigenvalue weighted by molar-refractivity contribution is 0.230. The molecule has 0 saturated carbocycles. The Kier molecular flexibility index (Phi) is 3.42. The van der Waals surface area contributed by atoms with Gasteiger partial charge in [-0.1, -0.05) is 45.7 Å². The van der Waals surface area contributed by atoms with Gasteiger partial charge in [0.05, 0.1) is 10.9 Å². The van der Waals surface area contributed by atoms with Crippen LogP contribution in [0.4, 0.5) is 0 Å². The van der Waals surface area contributed by atoms with Gasteiger partial charge in [0.2, 0.25) is 0 Å². The van der Waals surface area contributed by atoms with Crippen molar-refractivity contribution in [1.82, 2.24) is 3.71 Å². The molecule has 1 saturated heterocycles. The van der Waals surface area contributed by atoms with Gasteiger partial charge in [0.25, 0.3) is 21.3 Å². The predicted octanol–water partition coefficient (Wildman–Crippen LogP) is 2.26. The molecule has 5 nitrogen and oxygen atoms in total. The number of aryl methyl sites for hydroxylation is 1. The average Bonchev–Trinajstić information content (AvgIpc) is 3.02. The third-order valence-electron chi connectivity index (χ3n) is 4.28. The molecule has 4 rings (SSSR count). The second kappa shape index (κ2) is 5.24. The molecule has 0 aromatic heterocycles. The van der Waals surface area contributed by atoms with Crippen molar-refractivity contribution >= 4 is 21.3 Å². The van der Waals surface area contributed by atoms with Gasteiger partial charge in [-0.05, 0) is 30.2 Å². The molecule has 1 heterocycles. The van der Waals surface area contributed by atoms with Crippen LogP contribution in [-0.2, 0) is 31.9 Å². The Hall–Kier alpha value is -1.54. The van der Waals surface area contributed by atoms with Crippen LogP contribution in [0.5, 0.6) is 0 Å². The first-order chi connectivity index (χ1) is 11.0. The molecule has 0 radical (unpaired) electrons. The van der Waals surface area contributed by atoms with Gasteiger partial charge in [0.15, 0.2) is 0 Å². The zero-order valence-electron chi connectivity index (χ0n) is 12.4. The van der Waals surface area contributed by atoms with E-state index in [4.69, 9.17) is 4.18 Å². The van der Waals surface area contributed by atoms with E-state index in [0.29, 0.717) is 6.42 Å². The van der Waals surface area contributed by atoms with Crippen molar-refractivity contribution in [2.45, 2.75) is 30.4 Å². The molecule has 7 heteroatoms. The number of hydrogen-bond acceptors (Lipinski definition) is 4. The molecule has 23 heavy (non-hydrogen) atoms. The van der Waals surface area contributed by atoms with E-state index in [1.54, 1.807) is 12.1 Å². The Morgan fingerprint density at radius 2 is 1.83 bits per heavy atom. The molecule has 2 aliphatic rings. The minimum Gasteiger partial charge on any atom is -0.272 e. The SMILES string of the molecule is Cc1ccc(S(=O)(=O)N2[C@@H]3c4ccccc4C[C@@H]3O[S@]2=O)cc1. The predicted molar refractivity (Wildman–Crippen MR) is 86.1 cm³/mol. The van der Waals surface area contributed by atoms with Gasteiger partial charge in [0, 0.05) is 6.42 Å². The topological polar surface area (TPSA) is 63.7 Å². The van der Waals surface area contributed by atoms with Crippen LogP contribution in [-0.4, -0.2) is 22.4 Å². The fraction of sp³-hybridized carbons (Fsp3) is 0.250. The van der Waals surface area contributed by atoms with Gasteiger partial charge < -0.3 is 0 Å². The molecule has 0 bridgehead atoms. The molecule has 1 fully saturated rings. The number of benzene rings is 2. The maximum Gasteiger partial charge on any atom is 0.256 e. The van der Waals surface area contributed by atoms with Crippen LogP contribution in [0.25, 0.3) is 0 Å². The molecule has 0 N–H and O–H groups in total. The minimum absolute atomic E-state index is 0.130. The Morgan fingerprint density at radius 3 is 2.57 bits per heavy atom. The summed E-state index contributed by atoms with van der Waals surface area (Å²) in [6.07, 6.45) is 0.181. The second-order valence-electron chi connectivity index (χ2n) is 5.77. The Balaban J connectivity index is 1.81. The third kappa shape index (κ3) is 2.27. The molecule has 1 aliphatic carbocycles. The first-order valence-corrected chi connectivity index (χ1v) is 9.73. The highest BCUT2D eigenvalue weighted by atomic mass is 32.3. The monoisotopic (exact) mass is 349 g/mol. The smallest absolute Gasteiger partial charge is 0.256 e. The number of sulfonamides is 1. The Bertz CT molecular complexity index is 893. The summed E-state index contributed by atoms with van der Waals surface area (Å²) in [4.78, 5) is 0.130. The summed E-state index contributed by atoms with van der Waals surface area (Å²) in [7, 11) is -3.89. The van der Waals surface area contributed by atoms with E-state index in [2.05, 4.69) is 0 Å². The molecule has 0 amide bonds. The van der Waals surface area contributed by atoms with E-state index < -0.39 is 33.4 Å². The van der Waals surface area contributed by atoms with Crippen molar-refractivity contribution in [3.8, 4) is 0 Å². The summed E-state index contributed by atoms with van der Waals surface area (Å²) in [6, 6.07) is 13.6. The van der Waals surface area contributed by atoms with Gasteiger partial charge in [-0.15, -0.1) is 0 Å². The minimum atomic E-state index is -3.89. The van der Waals surface area contributed by atoms with Crippen LogP contribution < -0.4 is 0 Å². The standard InChI is InChI=1S/C16H15NO4S2/c1-11-6-8-13(9-7-11)23(19,20)17-16-14-5-3-2-4-12(14)10-15(16)21-22(17)18/h2-9,15-16H,10H2,1H3/t15-,16+,22+/m0/s1. The van der Waals surface area contributed by atoms with Gasteiger partial charge in [-0.3, -0.25) is 4.18 Å². The zero-order valence-corrected chi connectivity index (χ0v) is 14.0. The van der Waals surface area contributed by atoms with Crippen molar-refractivity contribution in [1.29, 1.82) is 0 Å². The van der Waals surface area contributed by atoms with E-state index in [0.717, 1.165) is 20.4 Å². The van der Waals surface area contributed by atoms with Crippen molar-refractivity contribution in [2.75, 3.05) is 0 Å². The number of fused-ring (bicyclic) bond motifs is 3. The van der Waals surface area contributed by atoms with Crippen LogP contribution in [0.1, 0.15) is 22.7 Å². The first kappa shape index (κ1) is 15.0. The molecule has 120 valence electrons. The van der Waals surface area contributed by atoms with Gasteiger partial charge in [-0.25, -0.2) is 12.6 Å². The Labute approximate surface area is 137 Å².